The summed E-state index contributed by atoms with van der Waals surface area (Å²) in [5.41, 5.74) is 0.610. The molecule has 0 bridgehead atoms. The van der Waals surface area contributed by atoms with Crippen LogP contribution in [0.15, 0.2) is 72.9 Å². The van der Waals surface area contributed by atoms with E-state index in [4.69, 9.17) is 16.3 Å². The Morgan fingerprint density at radius 1 is 0.975 bits per heavy atom. The van der Waals surface area contributed by atoms with Gasteiger partial charge in [-0.15, -0.1) is 0 Å². The number of carbonyl (C=O) groups excluding carboxylic acids is 3. The van der Waals surface area contributed by atoms with Crippen LogP contribution in [0.4, 0.5) is 24.5 Å². The van der Waals surface area contributed by atoms with E-state index in [1.165, 1.54) is 13.2 Å². The quantitative estimate of drug-likeness (QED) is 0.420. The summed E-state index contributed by atoms with van der Waals surface area (Å²) in [6.45, 7) is 0. The number of methoxy groups -OCH3 is 1. The Morgan fingerprint density at radius 3 is 2.38 bits per heavy atom. The van der Waals surface area contributed by atoms with Crippen LogP contribution >= 0.6 is 11.6 Å². The number of ether oxygens (including phenoxy) is 1. The molecule has 2 fully saturated rings. The molecule has 11 heteroatoms. The van der Waals surface area contributed by atoms with Crippen LogP contribution in [0.25, 0.3) is 6.08 Å². The summed E-state index contributed by atoms with van der Waals surface area (Å²) in [5.74, 6) is -3.51. The topological polar surface area (TPSA) is 79.0 Å². The Balaban J connectivity index is 1.42. The lowest BCUT2D eigenvalue weighted by molar-refractivity contribution is -0.137. The minimum atomic E-state index is -4.79. The number of carbonyl (C=O) groups is 3. The summed E-state index contributed by atoms with van der Waals surface area (Å²) in [4.78, 5) is 44.0. The van der Waals surface area contributed by atoms with Gasteiger partial charge in [0.25, 0.3) is 0 Å². The van der Waals surface area contributed by atoms with Crippen LogP contribution in [0.2, 0.25) is 5.02 Å². The maximum Gasteiger partial charge on any atom is 0.417 e. The summed E-state index contributed by atoms with van der Waals surface area (Å²) in [7, 11) is 1.51. The van der Waals surface area contributed by atoms with E-state index < -0.39 is 58.4 Å². The Morgan fingerprint density at radius 2 is 1.68 bits per heavy atom. The first-order chi connectivity index (χ1) is 19.1. The molecule has 40 heavy (non-hydrogen) atoms. The molecule has 3 amide bonds. The smallest absolute Gasteiger partial charge is 0.417 e. The number of hydrogen-bond donors (Lipinski definition) is 1. The first kappa shape index (κ1) is 25.9. The summed E-state index contributed by atoms with van der Waals surface area (Å²) < 4.78 is 46.0. The van der Waals surface area contributed by atoms with Gasteiger partial charge in [0.2, 0.25) is 17.7 Å². The van der Waals surface area contributed by atoms with Gasteiger partial charge in [0.05, 0.1) is 41.3 Å². The van der Waals surface area contributed by atoms with Gasteiger partial charge in [-0.05, 0) is 59.7 Å². The van der Waals surface area contributed by atoms with Crippen LogP contribution in [-0.4, -0.2) is 35.8 Å². The second-order valence-corrected chi connectivity index (χ2v) is 10.1. The number of nitrogens with zero attached hydrogens (tertiary/aromatic N) is 2. The van der Waals surface area contributed by atoms with E-state index in [1.807, 2.05) is 24.3 Å². The first-order valence-electron chi connectivity index (χ1n) is 12.3. The van der Waals surface area contributed by atoms with Crippen molar-refractivity contribution in [3.8, 4) is 5.75 Å². The maximum absolute atomic E-state index is 13.9. The predicted octanol–water partition coefficient (Wildman–Crippen LogP) is 5.52. The van der Waals surface area contributed by atoms with Gasteiger partial charge in [-0.3, -0.25) is 14.4 Å². The molecule has 2 saturated heterocycles. The van der Waals surface area contributed by atoms with E-state index in [0.717, 1.165) is 22.1 Å². The lowest BCUT2D eigenvalue weighted by Crippen LogP contribution is -2.46. The Bertz CT molecular complexity index is 1570. The highest BCUT2D eigenvalue weighted by atomic mass is 35.5. The number of halogens is 4. The fraction of sp³-hybridized carbons (Fsp3) is 0.207. The lowest BCUT2D eigenvalue weighted by atomic mass is 9.84. The standard InChI is InChI=1S/C29H21ClF3N3O4/c1-40-18-9-6-16(7-10-18)34-26(37)25-23-22(24-19-5-3-2-4-15(19)12-13-35(24)25)27(38)36(28(23)39)17-8-11-21(30)20(14-17)29(31,32)33/h2-14,22-25H,1H3,(H,34,37)/t22-,23+,24-,25-/m0/s1. The zero-order chi connectivity index (χ0) is 28.3. The average Bonchev–Trinajstić information content (AvgIpc) is 3.41. The second kappa shape index (κ2) is 9.41. The van der Waals surface area contributed by atoms with Crippen molar-refractivity contribution in [2.24, 2.45) is 11.8 Å². The van der Waals surface area contributed by atoms with E-state index in [1.54, 1.807) is 41.4 Å². The highest BCUT2D eigenvalue weighted by Gasteiger charge is 2.64. The van der Waals surface area contributed by atoms with Crippen molar-refractivity contribution >= 4 is 46.8 Å². The fourth-order valence-corrected chi connectivity index (χ4v) is 6.10. The molecular weight excluding hydrogens is 547 g/mol. The van der Waals surface area contributed by atoms with Crippen molar-refractivity contribution in [1.29, 1.82) is 0 Å². The van der Waals surface area contributed by atoms with Crippen molar-refractivity contribution in [3.63, 3.8) is 0 Å². The van der Waals surface area contributed by atoms with Crippen LogP contribution in [0.1, 0.15) is 22.7 Å². The average molecular weight is 568 g/mol. The van der Waals surface area contributed by atoms with Crippen LogP contribution in [-0.2, 0) is 20.6 Å². The molecule has 4 atom stereocenters. The van der Waals surface area contributed by atoms with E-state index in [2.05, 4.69) is 5.32 Å². The Hall–Kier alpha value is -4.31. The second-order valence-electron chi connectivity index (χ2n) is 9.72. The monoisotopic (exact) mass is 567 g/mol. The van der Waals surface area contributed by atoms with Gasteiger partial charge < -0.3 is 15.0 Å². The predicted molar refractivity (Wildman–Crippen MR) is 141 cm³/mol. The number of anilines is 2. The Kier molecular flexibility index (Phi) is 6.10. The minimum absolute atomic E-state index is 0.248. The molecule has 0 aromatic heterocycles. The molecule has 3 heterocycles. The van der Waals surface area contributed by atoms with Gasteiger partial charge in [-0.1, -0.05) is 35.9 Å². The number of fused-ring (bicyclic) bond motifs is 5. The number of hydrogen-bond acceptors (Lipinski definition) is 5. The minimum Gasteiger partial charge on any atom is -0.497 e. The van der Waals surface area contributed by atoms with Gasteiger partial charge in [0.1, 0.15) is 11.8 Å². The van der Waals surface area contributed by atoms with Gasteiger partial charge in [-0.25, -0.2) is 4.90 Å². The van der Waals surface area contributed by atoms with Gasteiger partial charge >= 0.3 is 6.18 Å². The molecule has 3 aromatic carbocycles. The summed E-state index contributed by atoms with van der Waals surface area (Å²) >= 11 is 5.78. The van der Waals surface area contributed by atoms with E-state index in [-0.39, 0.29) is 5.69 Å². The number of nitrogens with one attached hydrogen (secondary N) is 1. The lowest BCUT2D eigenvalue weighted by Gasteiger charge is -2.35. The van der Waals surface area contributed by atoms with Crippen LogP contribution in [0.3, 0.4) is 0 Å². The molecule has 0 spiro atoms. The summed E-state index contributed by atoms with van der Waals surface area (Å²) in [6, 6.07) is 15.0. The number of alkyl halides is 3. The molecular formula is C29H21ClF3N3O4. The molecule has 0 saturated carbocycles. The molecule has 3 aliphatic heterocycles. The number of benzene rings is 3. The molecule has 6 rings (SSSR count). The molecule has 3 aromatic rings. The van der Waals surface area contributed by atoms with Crippen LogP contribution in [0.5, 0.6) is 5.75 Å². The van der Waals surface area contributed by atoms with Crippen molar-refractivity contribution in [3.05, 3.63) is 94.6 Å². The largest absolute Gasteiger partial charge is 0.497 e. The number of rotatable bonds is 4. The molecule has 1 N–H and O–H groups in total. The zero-order valence-corrected chi connectivity index (χ0v) is 21.6. The van der Waals surface area contributed by atoms with Gasteiger partial charge in [0, 0.05) is 11.9 Å². The van der Waals surface area contributed by atoms with Crippen molar-refractivity contribution in [2.75, 3.05) is 17.3 Å². The van der Waals surface area contributed by atoms with Gasteiger partial charge in [0.15, 0.2) is 0 Å². The van der Waals surface area contributed by atoms with E-state index in [0.29, 0.717) is 17.5 Å². The summed E-state index contributed by atoms with van der Waals surface area (Å²) in [5, 5.41) is 2.26. The molecule has 7 nitrogen and oxygen atoms in total. The van der Waals surface area contributed by atoms with Crippen molar-refractivity contribution < 1.29 is 32.3 Å². The van der Waals surface area contributed by atoms with E-state index in [9.17, 15) is 27.6 Å². The maximum atomic E-state index is 13.9. The van der Waals surface area contributed by atoms with E-state index >= 15 is 0 Å². The molecule has 0 radical (unpaired) electrons. The SMILES string of the molecule is COc1ccc(NC(=O)[C@@H]2[C@@H]3C(=O)N(c4ccc(Cl)c(C(F)(F)F)c4)C(=O)[C@@H]3[C@@H]3c4ccccc4C=CN23)cc1. The fourth-order valence-electron chi connectivity index (χ4n) is 5.87. The van der Waals surface area contributed by atoms with Crippen LogP contribution in [0, 0.1) is 11.8 Å². The van der Waals surface area contributed by atoms with Gasteiger partial charge in [-0.2, -0.15) is 13.2 Å². The normalized spacial score (nSPS) is 23.1. The third-order valence-corrected chi connectivity index (χ3v) is 7.93. The number of imide groups is 1. The molecule has 204 valence electrons. The highest BCUT2D eigenvalue weighted by molar-refractivity contribution is 6.32. The van der Waals surface area contributed by atoms with Crippen molar-refractivity contribution in [1.82, 2.24) is 4.90 Å². The molecule has 0 aliphatic carbocycles. The zero-order valence-electron chi connectivity index (χ0n) is 20.9. The number of amides is 3. The first-order valence-corrected chi connectivity index (χ1v) is 12.7. The third kappa shape index (κ3) is 4.02. The molecule has 0 unspecified atom stereocenters. The third-order valence-electron chi connectivity index (χ3n) is 7.60. The summed E-state index contributed by atoms with van der Waals surface area (Å²) in [6.07, 6.45) is -1.29. The highest BCUT2D eigenvalue weighted by Crippen LogP contribution is 2.53. The Labute approximate surface area is 231 Å². The molecule has 3 aliphatic rings. The van der Waals surface area contributed by atoms with Crippen LogP contribution < -0.4 is 15.0 Å². The van der Waals surface area contributed by atoms with Crippen molar-refractivity contribution in [2.45, 2.75) is 18.3 Å².